The van der Waals surface area contributed by atoms with Crippen LogP contribution >= 0.6 is 0 Å². The van der Waals surface area contributed by atoms with Crippen LogP contribution in [-0.2, 0) is 4.74 Å². The van der Waals surface area contributed by atoms with Crippen molar-refractivity contribution in [2.75, 3.05) is 13.2 Å². The summed E-state index contributed by atoms with van der Waals surface area (Å²) < 4.78 is 5.21. The molecule has 0 aromatic rings. The van der Waals surface area contributed by atoms with Crippen molar-refractivity contribution in [2.24, 2.45) is 5.11 Å². The lowest BCUT2D eigenvalue weighted by Gasteiger charge is -2.01. The van der Waals surface area contributed by atoms with Crippen LogP contribution in [0.2, 0.25) is 0 Å². The zero-order valence-corrected chi connectivity index (χ0v) is 7.91. The van der Waals surface area contributed by atoms with Gasteiger partial charge < -0.3 is 14.9 Å². The average molecular weight is 201 g/mol. The van der Waals surface area contributed by atoms with Gasteiger partial charge in [0.15, 0.2) is 0 Å². The first-order valence-electron chi connectivity index (χ1n) is 4.75. The molecule has 0 radical (unpaired) electrons. The lowest BCUT2D eigenvalue weighted by Crippen LogP contribution is -2.20. The zero-order chi connectivity index (χ0) is 10.4. The second-order valence-electron chi connectivity index (χ2n) is 3.34. The van der Waals surface area contributed by atoms with Crippen molar-refractivity contribution in [1.29, 1.82) is 0 Å². The van der Waals surface area contributed by atoms with Gasteiger partial charge in [0, 0.05) is 11.5 Å². The minimum Gasteiger partial charge on any atom is -0.396 e. The number of nitrogens with zero attached hydrogens (tertiary/aromatic N) is 3. The third kappa shape index (κ3) is 3.51. The number of rotatable bonds is 7. The summed E-state index contributed by atoms with van der Waals surface area (Å²) in [6.45, 7) is 0.260. The Kier molecular flexibility index (Phi) is 4.69. The Bertz CT molecular complexity index is 218. The molecule has 0 unspecified atom stereocenters. The molecule has 1 fully saturated rings. The van der Waals surface area contributed by atoms with Crippen LogP contribution in [0.15, 0.2) is 5.11 Å². The van der Waals surface area contributed by atoms with Gasteiger partial charge in [0.2, 0.25) is 0 Å². The predicted molar refractivity (Wildman–Crippen MR) is 49.6 cm³/mol. The van der Waals surface area contributed by atoms with Gasteiger partial charge in [-0.2, -0.15) is 0 Å². The number of unbranched alkanes of at least 4 members (excludes halogenated alkanes) is 1. The summed E-state index contributed by atoms with van der Waals surface area (Å²) in [5.74, 6) is 0. The molecular formula is C8H15N3O3. The number of aliphatic hydroxyl groups is 2. The number of epoxide rings is 1. The molecule has 0 saturated carbocycles. The summed E-state index contributed by atoms with van der Waals surface area (Å²) in [7, 11) is 0. The third-order valence-electron chi connectivity index (χ3n) is 2.23. The molecule has 0 amide bonds. The Morgan fingerprint density at radius 3 is 2.93 bits per heavy atom. The van der Waals surface area contributed by atoms with E-state index in [2.05, 4.69) is 10.0 Å². The van der Waals surface area contributed by atoms with Crippen LogP contribution in [0.5, 0.6) is 0 Å². The van der Waals surface area contributed by atoms with Gasteiger partial charge in [-0.05, 0) is 24.8 Å². The van der Waals surface area contributed by atoms with Crippen molar-refractivity contribution in [1.82, 2.24) is 0 Å². The Hall–Kier alpha value is -0.810. The molecule has 0 aromatic carbocycles. The van der Waals surface area contributed by atoms with E-state index in [1.165, 1.54) is 0 Å². The SMILES string of the molecule is [N-]=[N+]=NC[C@@H](O)[C@@H]1O[C@H]1CCCCO. The minimum absolute atomic E-state index is 0.0671. The van der Waals surface area contributed by atoms with E-state index in [1.54, 1.807) is 0 Å². The van der Waals surface area contributed by atoms with Gasteiger partial charge in [-0.15, -0.1) is 0 Å². The highest BCUT2D eigenvalue weighted by molar-refractivity contribution is 4.91. The first-order chi connectivity index (χ1) is 6.79. The normalized spacial score (nSPS) is 26.7. The van der Waals surface area contributed by atoms with Crippen molar-refractivity contribution in [3.05, 3.63) is 10.4 Å². The molecule has 1 rings (SSSR count). The molecule has 6 nitrogen and oxygen atoms in total. The maximum absolute atomic E-state index is 9.41. The van der Waals surface area contributed by atoms with E-state index in [-0.39, 0.29) is 25.4 Å². The first kappa shape index (κ1) is 11.3. The van der Waals surface area contributed by atoms with Crippen LogP contribution < -0.4 is 0 Å². The van der Waals surface area contributed by atoms with Gasteiger partial charge in [0.05, 0.1) is 18.8 Å². The maximum atomic E-state index is 9.41. The Morgan fingerprint density at radius 1 is 1.50 bits per heavy atom. The fraction of sp³-hybridized carbons (Fsp3) is 1.00. The van der Waals surface area contributed by atoms with Crippen molar-refractivity contribution in [3.8, 4) is 0 Å². The molecule has 0 bridgehead atoms. The number of aliphatic hydroxyl groups excluding tert-OH is 2. The Morgan fingerprint density at radius 2 is 2.29 bits per heavy atom. The van der Waals surface area contributed by atoms with Crippen LogP contribution in [0, 0.1) is 0 Å². The molecule has 1 aliphatic rings. The fourth-order valence-electron chi connectivity index (χ4n) is 1.41. The van der Waals surface area contributed by atoms with Crippen molar-refractivity contribution >= 4 is 0 Å². The van der Waals surface area contributed by atoms with E-state index in [4.69, 9.17) is 15.4 Å². The van der Waals surface area contributed by atoms with E-state index in [0.29, 0.717) is 0 Å². The highest BCUT2D eigenvalue weighted by Crippen LogP contribution is 2.30. The molecule has 3 atom stereocenters. The van der Waals surface area contributed by atoms with Gasteiger partial charge in [-0.25, -0.2) is 0 Å². The predicted octanol–water partition coefficient (Wildman–Crippen LogP) is 0.588. The van der Waals surface area contributed by atoms with E-state index in [0.717, 1.165) is 19.3 Å². The minimum atomic E-state index is -0.690. The molecule has 80 valence electrons. The highest BCUT2D eigenvalue weighted by atomic mass is 16.6. The third-order valence-corrected chi connectivity index (χ3v) is 2.23. The van der Waals surface area contributed by atoms with Crippen LogP contribution in [0.4, 0.5) is 0 Å². The summed E-state index contributed by atoms with van der Waals surface area (Å²) in [4.78, 5) is 2.56. The quantitative estimate of drug-likeness (QED) is 0.207. The second kappa shape index (κ2) is 5.82. The lowest BCUT2D eigenvalue weighted by molar-refractivity contribution is 0.142. The van der Waals surface area contributed by atoms with E-state index in [1.807, 2.05) is 0 Å². The smallest absolute Gasteiger partial charge is 0.110 e. The molecular weight excluding hydrogens is 186 g/mol. The first-order valence-corrected chi connectivity index (χ1v) is 4.75. The van der Waals surface area contributed by atoms with Crippen LogP contribution in [0.25, 0.3) is 10.4 Å². The van der Waals surface area contributed by atoms with E-state index >= 15 is 0 Å². The number of hydrogen-bond acceptors (Lipinski definition) is 4. The standard InChI is InChI=1S/C8H15N3O3/c9-11-10-5-6(13)8-7(14-8)3-1-2-4-12/h6-8,12-13H,1-5H2/t6-,7+,8+/m1/s1. The van der Waals surface area contributed by atoms with Crippen LogP contribution in [0.1, 0.15) is 19.3 Å². The zero-order valence-electron chi connectivity index (χ0n) is 7.91. The maximum Gasteiger partial charge on any atom is 0.110 e. The highest BCUT2D eigenvalue weighted by Gasteiger charge is 2.43. The molecule has 6 heteroatoms. The number of ether oxygens (including phenoxy) is 1. The number of hydrogen-bond donors (Lipinski definition) is 2. The van der Waals surface area contributed by atoms with E-state index in [9.17, 15) is 5.11 Å². The topological polar surface area (TPSA) is 102 Å². The van der Waals surface area contributed by atoms with Crippen LogP contribution in [0.3, 0.4) is 0 Å². The van der Waals surface area contributed by atoms with Gasteiger partial charge in [0.25, 0.3) is 0 Å². The summed E-state index contributed by atoms with van der Waals surface area (Å²) >= 11 is 0. The molecule has 1 aliphatic heterocycles. The molecule has 1 heterocycles. The fourth-order valence-corrected chi connectivity index (χ4v) is 1.41. The Labute approximate surface area is 82.1 Å². The summed E-state index contributed by atoms with van der Waals surface area (Å²) in [6.07, 6.45) is 1.71. The van der Waals surface area contributed by atoms with Crippen LogP contribution in [-0.4, -0.2) is 41.7 Å². The van der Waals surface area contributed by atoms with Gasteiger partial charge >= 0.3 is 0 Å². The summed E-state index contributed by atoms with van der Waals surface area (Å²) in [5, 5.41) is 21.2. The molecule has 1 saturated heterocycles. The van der Waals surface area contributed by atoms with E-state index < -0.39 is 6.10 Å². The molecule has 2 N–H and O–H groups in total. The average Bonchev–Trinajstić information content (AvgIpc) is 2.94. The summed E-state index contributed by atoms with van der Waals surface area (Å²) in [6, 6.07) is 0. The molecule has 14 heavy (non-hydrogen) atoms. The molecule has 0 aliphatic carbocycles. The second-order valence-corrected chi connectivity index (χ2v) is 3.34. The Balaban J connectivity index is 2.08. The van der Waals surface area contributed by atoms with Crippen molar-refractivity contribution in [3.63, 3.8) is 0 Å². The van der Waals surface area contributed by atoms with Crippen molar-refractivity contribution in [2.45, 2.75) is 37.6 Å². The number of azide groups is 1. The monoisotopic (exact) mass is 201 g/mol. The largest absolute Gasteiger partial charge is 0.396 e. The molecule has 0 spiro atoms. The summed E-state index contributed by atoms with van der Waals surface area (Å²) in [5.41, 5.74) is 8.04. The van der Waals surface area contributed by atoms with Gasteiger partial charge in [-0.1, -0.05) is 5.11 Å². The lowest BCUT2D eigenvalue weighted by atomic mass is 10.1. The molecule has 0 aromatic heterocycles. The van der Waals surface area contributed by atoms with Gasteiger partial charge in [-0.3, -0.25) is 0 Å². The van der Waals surface area contributed by atoms with Gasteiger partial charge in [0.1, 0.15) is 6.10 Å². The van der Waals surface area contributed by atoms with Crippen molar-refractivity contribution < 1.29 is 14.9 Å².